The summed E-state index contributed by atoms with van der Waals surface area (Å²) in [6.07, 6.45) is 4.19. The molecular weight excluding hydrogens is 495 g/mol. The molecule has 2 aromatic heterocycles. The average molecular weight is 525 g/mol. The molecule has 1 aliphatic carbocycles. The number of aromatic nitrogens is 3. The van der Waals surface area contributed by atoms with Gasteiger partial charge in [-0.1, -0.05) is 46.6 Å². The van der Waals surface area contributed by atoms with Crippen LogP contribution in [0.2, 0.25) is 10.0 Å². The number of halogens is 2. The summed E-state index contributed by atoms with van der Waals surface area (Å²) in [6.45, 7) is 2.57. The van der Waals surface area contributed by atoms with Crippen molar-refractivity contribution in [3.63, 3.8) is 0 Å². The molecule has 2 heterocycles. The molecule has 7 nitrogen and oxygen atoms in total. The molecule has 1 fully saturated rings. The van der Waals surface area contributed by atoms with Crippen LogP contribution in [0.3, 0.4) is 0 Å². The normalized spacial score (nSPS) is 17.9. The molecule has 188 valence electrons. The van der Waals surface area contributed by atoms with Gasteiger partial charge >= 0.3 is 0 Å². The zero-order chi connectivity index (χ0) is 25.2. The molecule has 9 heteroatoms. The molecule has 0 unspecified atom stereocenters. The van der Waals surface area contributed by atoms with Crippen molar-refractivity contribution in [3.05, 3.63) is 63.8 Å². The summed E-state index contributed by atoms with van der Waals surface area (Å²) in [5.41, 5.74) is 3.37. The van der Waals surface area contributed by atoms with Gasteiger partial charge in [-0.05, 0) is 56.9 Å². The summed E-state index contributed by atoms with van der Waals surface area (Å²) in [5, 5.41) is 13.7. The van der Waals surface area contributed by atoms with Crippen LogP contribution in [0.1, 0.15) is 37.0 Å². The van der Waals surface area contributed by atoms with E-state index in [9.17, 15) is 0 Å². The molecule has 4 aromatic rings. The van der Waals surface area contributed by atoms with E-state index in [1.807, 2.05) is 62.3 Å². The highest BCUT2D eigenvalue weighted by Crippen LogP contribution is 2.37. The van der Waals surface area contributed by atoms with Crippen LogP contribution in [0.4, 0.5) is 11.8 Å². The first-order chi connectivity index (χ1) is 17.4. The minimum Gasteiger partial charge on any atom is -0.362 e. The van der Waals surface area contributed by atoms with Crippen molar-refractivity contribution in [1.29, 1.82) is 0 Å². The summed E-state index contributed by atoms with van der Waals surface area (Å²) in [6, 6.07) is 14.3. The van der Waals surface area contributed by atoms with E-state index >= 15 is 0 Å². The first kappa shape index (κ1) is 24.8. The van der Waals surface area contributed by atoms with Gasteiger partial charge in [0.05, 0.1) is 15.6 Å². The number of nitrogens with zero attached hydrogens (tertiary/aromatic N) is 4. The lowest BCUT2D eigenvalue weighted by atomic mass is 9.91. The van der Waals surface area contributed by atoms with Crippen LogP contribution >= 0.6 is 23.2 Å². The number of para-hydroxylation sites is 1. The predicted octanol–water partition coefficient (Wildman–Crippen LogP) is 6.48. The van der Waals surface area contributed by atoms with E-state index in [-0.39, 0.29) is 0 Å². The van der Waals surface area contributed by atoms with Gasteiger partial charge in [-0.3, -0.25) is 0 Å². The van der Waals surface area contributed by atoms with E-state index in [4.69, 9.17) is 37.7 Å². The van der Waals surface area contributed by atoms with Crippen molar-refractivity contribution in [1.82, 2.24) is 20.4 Å². The maximum absolute atomic E-state index is 6.43. The van der Waals surface area contributed by atoms with Crippen molar-refractivity contribution in [2.45, 2.75) is 51.2 Å². The van der Waals surface area contributed by atoms with E-state index in [0.29, 0.717) is 40.3 Å². The fraction of sp³-hybridized carbons (Fsp3) is 0.370. The second kappa shape index (κ2) is 10.6. The Balaban J connectivity index is 1.22. The third kappa shape index (κ3) is 5.14. The van der Waals surface area contributed by atoms with Crippen LogP contribution in [0.5, 0.6) is 0 Å². The molecule has 0 bridgehead atoms. The third-order valence-electron chi connectivity index (χ3n) is 6.82. The largest absolute Gasteiger partial charge is 0.362 e. The van der Waals surface area contributed by atoms with E-state index in [1.165, 1.54) is 0 Å². The number of aryl methyl sites for hydroxylation is 1. The van der Waals surface area contributed by atoms with E-state index < -0.39 is 0 Å². The van der Waals surface area contributed by atoms with Crippen LogP contribution in [0.25, 0.3) is 22.2 Å². The Labute approximate surface area is 221 Å². The van der Waals surface area contributed by atoms with Crippen molar-refractivity contribution in [3.8, 4) is 11.3 Å². The minimum atomic E-state index is 0.342. The highest BCUT2D eigenvalue weighted by atomic mass is 35.5. The molecule has 2 N–H and O–H groups in total. The Morgan fingerprint density at radius 2 is 1.64 bits per heavy atom. The Kier molecular flexibility index (Phi) is 7.32. The monoisotopic (exact) mass is 524 g/mol. The molecule has 1 aliphatic rings. The lowest BCUT2D eigenvalue weighted by Crippen LogP contribution is -2.37. The lowest BCUT2D eigenvalue weighted by Gasteiger charge is -2.30. The topological polar surface area (TPSA) is 79.1 Å². The summed E-state index contributed by atoms with van der Waals surface area (Å²) in [4.78, 5) is 11.6. The van der Waals surface area contributed by atoms with Gasteiger partial charge in [0.2, 0.25) is 5.95 Å². The highest BCUT2D eigenvalue weighted by molar-refractivity contribution is 6.39. The predicted molar refractivity (Wildman–Crippen MR) is 147 cm³/mol. The summed E-state index contributed by atoms with van der Waals surface area (Å²) < 4.78 is 5.51. The molecule has 2 aromatic carbocycles. The highest BCUT2D eigenvalue weighted by Gasteiger charge is 2.24. The molecule has 0 atom stereocenters. The second-order valence-corrected chi connectivity index (χ2v) is 10.3. The van der Waals surface area contributed by atoms with Gasteiger partial charge in [0, 0.05) is 49.2 Å². The van der Waals surface area contributed by atoms with Crippen molar-refractivity contribution in [2.75, 3.05) is 24.3 Å². The Hall–Kier alpha value is -2.87. The number of rotatable bonds is 7. The summed E-state index contributed by atoms with van der Waals surface area (Å²) in [7, 11) is 4.02. The molecule has 0 spiro atoms. The molecular formula is C27H30Cl2N6O. The Bertz CT molecular complexity index is 1340. The Morgan fingerprint density at radius 3 is 2.36 bits per heavy atom. The molecule has 0 radical (unpaired) electrons. The van der Waals surface area contributed by atoms with Crippen LogP contribution in [0.15, 0.2) is 47.0 Å². The van der Waals surface area contributed by atoms with E-state index in [1.54, 1.807) is 0 Å². The minimum absolute atomic E-state index is 0.342. The molecule has 0 saturated heterocycles. The van der Waals surface area contributed by atoms with Gasteiger partial charge in [0.15, 0.2) is 0 Å². The number of anilines is 2. The van der Waals surface area contributed by atoms with Crippen LogP contribution in [-0.2, 0) is 6.54 Å². The van der Waals surface area contributed by atoms with Gasteiger partial charge in [-0.2, -0.15) is 4.98 Å². The molecule has 5 rings (SSSR count). The standard InChI is InChI=1S/C27H30Cl2N6O/c1-16-20(25(34-36-16)24-21(28)8-6-9-22(24)29)15-30-17-11-13-18(14-12-17)31-27-32-23-10-5-4-7-19(23)26(33-27)35(2)3/h4-10,17-18,30H,11-15H2,1-3H3,(H,31,32,33)/t17-,18+. The number of nitrogens with one attached hydrogen (secondary N) is 2. The SMILES string of the molecule is Cc1onc(-c2c(Cl)cccc2Cl)c1CN[C@H]1CC[C@@H](Nc2nc(N(C)C)c3ccccc3n2)CC1. The van der Waals surface area contributed by atoms with Crippen LogP contribution < -0.4 is 15.5 Å². The van der Waals surface area contributed by atoms with Gasteiger partial charge in [-0.25, -0.2) is 4.98 Å². The fourth-order valence-electron chi connectivity index (χ4n) is 4.86. The first-order valence-electron chi connectivity index (χ1n) is 12.2. The molecule has 0 aliphatic heterocycles. The maximum Gasteiger partial charge on any atom is 0.225 e. The molecule has 1 saturated carbocycles. The zero-order valence-corrected chi connectivity index (χ0v) is 22.2. The summed E-state index contributed by atoms with van der Waals surface area (Å²) >= 11 is 12.9. The van der Waals surface area contributed by atoms with Gasteiger partial charge in [0.1, 0.15) is 17.3 Å². The average Bonchev–Trinajstić information content (AvgIpc) is 3.22. The van der Waals surface area contributed by atoms with Crippen LogP contribution in [0, 0.1) is 6.92 Å². The van der Waals surface area contributed by atoms with Gasteiger partial charge < -0.3 is 20.1 Å². The fourth-order valence-corrected chi connectivity index (χ4v) is 5.43. The van der Waals surface area contributed by atoms with E-state index in [0.717, 1.165) is 59.3 Å². The maximum atomic E-state index is 6.43. The van der Waals surface area contributed by atoms with Crippen molar-refractivity contribution in [2.24, 2.45) is 0 Å². The van der Waals surface area contributed by atoms with Crippen molar-refractivity contribution < 1.29 is 4.52 Å². The molecule has 36 heavy (non-hydrogen) atoms. The molecule has 0 amide bonds. The van der Waals surface area contributed by atoms with E-state index in [2.05, 4.69) is 21.9 Å². The smallest absolute Gasteiger partial charge is 0.225 e. The van der Waals surface area contributed by atoms with Gasteiger partial charge in [0.25, 0.3) is 0 Å². The zero-order valence-electron chi connectivity index (χ0n) is 20.7. The number of benzene rings is 2. The number of hydrogen-bond donors (Lipinski definition) is 2. The summed E-state index contributed by atoms with van der Waals surface area (Å²) in [5.74, 6) is 2.39. The third-order valence-corrected chi connectivity index (χ3v) is 7.45. The number of hydrogen-bond acceptors (Lipinski definition) is 7. The first-order valence-corrected chi connectivity index (χ1v) is 13.0. The number of fused-ring (bicyclic) bond motifs is 1. The van der Waals surface area contributed by atoms with Gasteiger partial charge in [-0.15, -0.1) is 0 Å². The van der Waals surface area contributed by atoms with Crippen molar-refractivity contribution >= 4 is 45.9 Å². The Morgan fingerprint density at radius 1 is 0.944 bits per heavy atom. The lowest BCUT2D eigenvalue weighted by molar-refractivity contribution is 0.350. The second-order valence-electron chi connectivity index (χ2n) is 9.52. The quantitative estimate of drug-likeness (QED) is 0.286. The van der Waals surface area contributed by atoms with Crippen LogP contribution in [-0.4, -0.2) is 41.3 Å².